The molecule has 1 fully saturated rings. The zero-order valence-corrected chi connectivity index (χ0v) is 13.3. The van der Waals surface area contributed by atoms with Gasteiger partial charge in [0.15, 0.2) is 5.16 Å². The van der Waals surface area contributed by atoms with Crippen LogP contribution in [0.2, 0.25) is 0 Å². The summed E-state index contributed by atoms with van der Waals surface area (Å²) >= 11 is 1.44. The average Bonchev–Trinajstić information content (AvgIpc) is 3.28. The highest BCUT2D eigenvalue weighted by atomic mass is 32.2. The van der Waals surface area contributed by atoms with Crippen molar-refractivity contribution in [3.8, 4) is 5.75 Å². The Kier molecular flexibility index (Phi) is 4.82. The van der Waals surface area contributed by atoms with Crippen molar-refractivity contribution in [1.29, 1.82) is 0 Å². The van der Waals surface area contributed by atoms with Crippen LogP contribution in [-0.4, -0.2) is 32.2 Å². The average molecular weight is 341 g/mol. The molecule has 1 aromatic heterocycles. The molecule has 1 heterocycles. The van der Waals surface area contributed by atoms with Crippen LogP contribution in [0.3, 0.4) is 0 Å². The van der Waals surface area contributed by atoms with Gasteiger partial charge in [0.25, 0.3) is 0 Å². The summed E-state index contributed by atoms with van der Waals surface area (Å²) in [6.45, 7) is -0.925. The van der Waals surface area contributed by atoms with Crippen LogP contribution < -0.4 is 4.74 Å². The van der Waals surface area contributed by atoms with Crippen LogP contribution in [0.1, 0.15) is 36.4 Å². The molecule has 1 saturated carbocycles. The lowest BCUT2D eigenvalue weighted by Gasteiger charge is -2.12. The fourth-order valence-corrected chi connectivity index (χ4v) is 3.34. The first-order valence-corrected chi connectivity index (χ1v) is 8.30. The van der Waals surface area contributed by atoms with Gasteiger partial charge in [0.2, 0.25) is 0 Å². The van der Waals surface area contributed by atoms with Crippen LogP contribution in [0.25, 0.3) is 0 Å². The van der Waals surface area contributed by atoms with Crippen LogP contribution >= 0.6 is 11.8 Å². The lowest BCUT2D eigenvalue weighted by Crippen LogP contribution is -2.05. The van der Waals surface area contributed by atoms with Crippen LogP contribution in [0.5, 0.6) is 5.75 Å². The van der Waals surface area contributed by atoms with E-state index < -0.39 is 12.7 Å². The third-order valence-corrected chi connectivity index (χ3v) is 4.63. The lowest BCUT2D eigenvalue weighted by atomic mass is 10.1. The molecule has 1 aromatic carbocycles. The van der Waals surface area contributed by atoms with E-state index in [0.29, 0.717) is 17.4 Å². The standard InChI is InChI=1S/C15H17F2N3O2S/c1-9-18-19-15(20(9)11-4-5-11)23-8-13(21)10-2-6-12(7-3-10)22-14(16)17/h2-3,6-7,11,13-14,21H,4-5,8H2,1H3. The van der Waals surface area contributed by atoms with Crippen LogP contribution in [0, 0.1) is 6.92 Å². The van der Waals surface area contributed by atoms with E-state index in [4.69, 9.17) is 0 Å². The minimum absolute atomic E-state index is 0.0766. The normalized spacial score (nSPS) is 15.9. The quantitative estimate of drug-likeness (QED) is 0.783. The lowest BCUT2D eigenvalue weighted by molar-refractivity contribution is -0.0498. The summed E-state index contributed by atoms with van der Waals surface area (Å²) in [5, 5.41) is 19.3. The minimum Gasteiger partial charge on any atom is -0.435 e. The van der Waals surface area contributed by atoms with Gasteiger partial charge in [-0.2, -0.15) is 8.78 Å². The summed E-state index contributed by atoms with van der Waals surface area (Å²) in [5.41, 5.74) is 0.647. The number of benzene rings is 1. The Hall–Kier alpha value is -1.67. The fourth-order valence-electron chi connectivity index (χ4n) is 2.32. The molecule has 0 radical (unpaired) electrons. The first kappa shape index (κ1) is 16.2. The van der Waals surface area contributed by atoms with Gasteiger partial charge < -0.3 is 14.4 Å². The molecular formula is C15H17F2N3O2S. The molecule has 1 unspecified atom stereocenters. The van der Waals surface area contributed by atoms with Gasteiger partial charge in [0.1, 0.15) is 11.6 Å². The van der Waals surface area contributed by atoms with E-state index in [1.165, 1.54) is 23.9 Å². The largest absolute Gasteiger partial charge is 0.435 e. The van der Waals surface area contributed by atoms with Crippen LogP contribution in [0.4, 0.5) is 8.78 Å². The monoisotopic (exact) mass is 341 g/mol. The number of aliphatic hydroxyl groups is 1. The second kappa shape index (κ2) is 6.84. The van der Waals surface area contributed by atoms with Crippen molar-refractivity contribution in [2.24, 2.45) is 0 Å². The highest BCUT2D eigenvalue weighted by Gasteiger charge is 2.28. The van der Waals surface area contributed by atoms with Gasteiger partial charge in [-0.15, -0.1) is 10.2 Å². The Balaban J connectivity index is 1.60. The third-order valence-electron chi connectivity index (χ3n) is 3.61. The molecular weight excluding hydrogens is 324 g/mol. The molecule has 3 rings (SSSR count). The molecule has 23 heavy (non-hydrogen) atoms. The number of hydrogen-bond acceptors (Lipinski definition) is 5. The van der Waals surface area contributed by atoms with E-state index in [-0.39, 0.29) is 5.75 Å². The van der Waals surface area contributed by atoms with Crippen molar-refractivity contribution >= 4 is 11.8 Å². The summed E-state index contributed by atoms with van der Waals surface area (Å²) in [7, 11) is 0. The Bertz CT molecular complexity index is 659. The number of aliphatic hydroxyl groups excluding tert-OH is 1. The summed E-state index contributed by atoms with van der Waals surface area (Å²) in [4.78, 5) is 0. The second-order valence-corrected chi connectivity index (χ2v) is 6.39. The molecule has 2 aromatic rings. The van der Waals surface area contributed by atoms with Gasteiger partial charge in [-0.1, -0.05) is 23.9 Å². The molecule has 0 bridgehead atoms. The molecule has 1 N–H and O–H groups in total. The molecule has 1 aliphatic rings. The minimum atomic E-state index is -2.85. The van der Waals surface area contributed by atoms with E-state index in [1.807, 2.05) is 6.92 Å². The van der Waals surface area contributed by atoms with Gasteiger partial charge in [-0.05, 0) is 37.5 Å². The molecule has 0 spiro atoms. The zero-order valence-electron chi connectivity index (χ0n) is 12.5. The SMILES string of the molecule is Cc1nnc(SCC(O)c2ccc(OC(F)F)cc2)n1C1CC1. The van der Waals surface area contributed by atoms with Gasteiger partial charge in [-0.3, -0.25) is 0 Å². The summed E-state index contributed by atoms with van der Waals surface area (Å²) in [6, 6.07) is 6.49. The van der Waals surface area contributed by atoms with Crippen molar-refractivity contribution in [3.05, 3.63) is 35.7 Å². The summed E-state index contributed by atoms with van der Waals surface area (Å²) in [5.74, 6) is 1.38. The highest BCUT2D eigenvalue weighted by molar-refractivity contribution is 7.99. The van der Waals surface area contributed by atoms with Crippen molar-refractivity contribution in [3.63, 3.8) is 0 Å². The van der Waals surface area contributed by atoms with Crippen LogP contribution in [-0.2, 0) is 0 Å². The Labute approximate surface area is 136 Å². The first-order valence-electron chi connectivity index (χ1n) is 7.31. The van der Waals surface area contributed by atoms with Crippen LogP contribution in [0.15, 0.2) is 29.4 Å². The highest BCUT2D eigenvalue weighted by Crippen LogP contribution is 2.39. The number of nitrogens with zero attached hydrogens (tertiary/aromatic N) is 3. The van der Waals surface area contributed by atoms with E-state index in [9.17, 15) is 13.9 Å². The van der Waals surface area contributed by atoms with Crippen molar-refractivity contribution in [2.75, 3.05) is 5.75 Å². The first-order chi connectivity index (χ1) is 11.0. The van der Waals surface area contributed by atoms with E-state index in [1.54, 1.807) is 12.1 Å². The van der Waals surface area contributed by atoms with E-state index >= 15 is 0 Å². The smallest absolute Gasteiger partial charge is 0.387 e. The number of aromatic nitrogens is 3. The second-order valence-electron chi connectivity index (χ2n) is 5.41. The molecule has 1 aliphatic carbocycles. The Morgan fingerprint density at radius 1 is 1.30 bits per heavy atom. The molecule has 0 amide bonds. The number of halogens is 2. The molecule has 0 saturated heterocycles. The number of rotatable bonds is 7. The predicted molar refractivity (Wildman–Crippen MR) is 81.8 cm³/mol. The zero-order chi connectivity index (χ0) is 16.4. The maximum absolute atomic E-state index is 12.1. The maximum atomic E-state index is 12.1. The molecule has 5 nitrogen and oxygen atoms in total. The number of ether oxygens (including phenoxy) is 1. The molecule has 124 valence electrons. The summed E-state index contributed by atoms with van der Waals surface area (Å²) < 4.78 is 30.6. The van der Waals surface area contributed by atoms with Gasteiger partial charge >= 0.3 is 6.61 Å². The maximum Gasteiger partial charge on any atom is 0.387 e. The van der Waals surface area contributed by atoms with Gasteiger partial charge in [-0.25, -0.2) is 0 Å². The van der Waals surface area contributed by atoms with Gasteiger partial charge in [0, 0.05) is 11.8 Å². The third kappa shape index (κ3) is 4.00. The number of hydrogen-bond donors (Lipinski definition) is 1. The fraction of sp³-hybridized carbons (Fsp3) is 0.467. The van der Waals surface area contributed by atoms with Crippen molar-refractivity contribution in [2.45, 2.75) is 43.7 Å². The number of thioether (sulfide) groups is 1. The molecule has 1 atom stereocenters. The predicted octanol–water partition coefficient (Wildman–Crippen LogP) is 3.35. The van der Waals surface area contributed by atoms with E-state index in [2.05, 4.69) is 19.5 Å². The number of alkyl halides is 2. The van der Waals surface area contributed by atoms with Crippen molar-refractivity contribution < 1.29 is 18.6 Å². The topological polar surface area (TPSA) is 60.2 Å². The molecule has 8 heteroatoms. The molecule has 0 aliphatic heterocycles. The van der Waals surface area contributed by atoms with E-state index in [0.717, 1.165) is 23.8 Å². The van der Waals surface area contributed by atoms with Gasteiger partial charge in [0.05, 0.1) is 6.10 Å². The summed E-state index contributed by atoms with van der Waals surface area (Å²) in [6.07, 6.45) is 1.56. The Morgan fingerprint density at radius 3 is 2.61 bits per heavy atom. The van der Waals surface area contributed by atoms with Crippen molar-refractivity contribution in [1.82, 2.24) is 14.8 Å². The number of aryl methyl sites for hydroxylation is 1. The Morgan fingerprint density at radius 2 is 2.00 bits per heavy atom.